The molecule has 0 N–H and O–H groups in total. The van der Waals surface area contributed by atoms with Gasteiger partial charge < -0.3 is 10.2 Å². The second-order valence-electron chi connectivity index (χ2n) is 10.0. The summed E-state index contributed by atoms with van der Waals surface area (Å²) in [6.07, 6.45) is -2.21. The van der Waals surface area contributed by atoms with Gasteiger partial charge in [-0.3, -0.25) is 0 Å². The summed E-state index contributed by atoms with van der Waals surface area (Å²) in [7, 11) is -3.00. The second kappa shape index (κ2) is 12.5. The smallest absolute Gasteiger partial charge is 0.138 e. The number of rotatable bonds is 8. The molecule has 0 fully saturated rings. The maximum absolute atomic E-state index is 14.4. The van der Waals surface area contributed by atoms with Crippen LogP contribution in [0.25, 0.3) is 0 Å². The average molecular weight is 582 g/mol. The molecule has 0 heterocycles. The van der Waals surface area contributed by atoms with Gasteiger partial charge in [0.05, 0.1) is 5.03 Å². The van der Waals surface area contributed by atoms with E-state index < -0.39 is 20.4 Å². The standard InChI is InChI=1S/C38H31O2P2/c39-37(40)38(41(31-19-7-1-8-20-31,32-21-9-2-10-22-32)33-23-11-3-12-24-33)42(34-25-13-4-14-26-34,35-27-15-5-16-28-35)36-29-17-6-18-30-36/h1-30,37H/q-1. The fourth-order valence-corrected chi connectivity index (χ4v) is 17.7. The van der Waals surface area contributed by atoms with Crippen molar-refractivity contribution in [2.24, 2.45) is 0 Å². The van der Waals surface area contributed by atoms with Gasteiger partial charge >= 0.3 is 0 Å². The molecule has 2 nitrogen and oxygen atoms in total. The fraction of sp³-hybridized carbons (Fsp3) is 0.0263. The predicted octanol–water partition coefficient (Wildman–Crippen LogP) is 4.15. The van der Waals surface area contributed by atoms with Crippen molar-refractivity contribution in [3.63, 3.8) is 0 Å². The average Bonchev–Trinajstić information content (AvgIpc) is 3.07. The van der Waals surface area contributed by atoms with Crippen LogP contribution in [0, 0.1) is 0 Å². The molecule has 0 bridgehead atoms. The molecule has 0 radical (unpaired) electrons. The van der Waals surface area contributed by atoms with Crippen molar-refractivity contribution in [2.75, 3.05) is 0 Å². The quantitative estimate of drug-likeness (QED) is 0.200. The van der Waals surface area contributed by atoms with Crippen molar-refractivity contribution in [3.05, 3.63) is 182 Å². The van der Waals surface area contributed by atoms with Crippen LogP contribution in [0.3, 0.4) is 0 Å². The van der Waals surface area contributed by atoms with E-state index in [1.807, 2.05) is 109 Å². The van der Waals surface area contributed by atoms with Crippen LogP contribution in [-0.2, 0) is 0 Å². The van der Waals surface area contributed by atoms with Crippen molar-refractivity contribution in [2.45, 2.75) is 6.29 Å². The summed E-state index contributed by atoms with van der Waals surface area (Å²) in [5.41, 5.74) is 0. The highest BCUT2D eigenvalue weighted by Gasteiger charge is 2.52. The zero-order valence-corrected chi connectivity index (χ0v) is 24.9. The van der Waals surface area contributed by atoms with Crippen LogP contribution in [0.2, 0.25) is 0 Å². The third-order valence-electron chi connectivity index (χ3n) is 7.76. The third kappa shape index (κ3) is 4.78. The van der Waals surface area contributed by atoms with E-state index in [1.165, 1.54) is 0 Å². The monoisotopic (exact) mass is 581 g/mol. The molecule has 0 saturated heterocycles. The first-order chi connectivity index (χ1) is 20.7. The number of hydrogen-bond acceptors (Lipinski definition) is 2. The van der Waals surface area contributed by atoms with Crippen molar-refractivity contribution >= 4 is 51.0 Å². The SMILES string of the molecule is [O-]C([O-])C(=P(c1ccccc1)(c1ccccc1)c1ccccc1)[P+](c1ccccc1)(c1ccccc1)c1ccccc1. The molecule has 42 heavy (non-hydrogen) atoms. The van der Waals surface area contributed by atoms with Crippen LogP contribution >= 0.6 is 14.1 Å². The summed E-state index contributed by atoms with van der Waals surface area (Å²) in [4.78, 5) is 0. The molecule has 4 heteroatoms. The Morgan fingerprint density at radius 1 is 0.381 bits per heavy atom. The van der Waals surface area contributed by atoms with Crippen molar-refractivity contribution in [1.82, 2.24) is 0 Å². The minimum Gasteiger partial charge on any atom is -0.860 e. The zero-order chi connectivity index (χ0) is 28.8. The molecule has 0 aliphatic heterocycles. The van der Waals surface area contributed by atoms with Gasteiger partial charge in [-0.1, -0.05) is 146 Å². The van der Waals surface area contributed by atoms with Gasteiger partial charge in [0.15, 0.2) is 0 Å². The molecule has 0 spiro atoms. The summed E-state index contributed by atoms with van der Waals surface area (Å²) in [5, 5.41) is 35.4. The Bertz CT molecular complexity index is 1570. The van der Waals surface area contributed by atoms with Gasteiger partial charge in [0.1, 0.15) is 23.2 Å². The Kier molecular flexibility index (Phi) is 8.34. The van der Waals surface area contributed by atoms with Gasteiger partial charge in [0, 0.05) is 6.89 Å². The Balaban J connectivity index is 2.00. The first-order valence-electron chi connectivity index (χ1n) is 14.0. The summed E-state index contributed by atoms with van der Waals surface area (Å²) in [5.74, 6) is 0. The van der Waals surface area contributed by atoms with Crippen molar-refractivity contribution in [3.8, 4) is 0 Å². The predicted molar refractivity (Wildman–Crippen MR) is 179 cm³/mol. The lowest BCUT2D eigenvalue weighted by molar-refractivity contribution is -0.629. The molecule has 0 aliphatic carbocycles. The molecule has 0 unspecified atom stereocenters. The minimum atomic E-state index is -3.00. The first-order valence-corrected chi connectivity index (χ1v) is 17.6. The van der Waals surface area contributed by atoms with E-state index in [0.29, 0.717) is 5.03 Å². The highest BCUT2D eigenvalue weighted by Crippen LogP contribution is 2.65. The topological polar surface area (TPSA) is 46.1 Å². The molecule has 0 atom stereocenters. The lowest BCUT2D eigenvalue weighted by Crippen LogP contribution is -2.55. The molecule has 0 aromatic heterocycles. The third-order valence-corrected chi connectivity index (χ3v) is 17.8. The van der Waals surface area contributed by atoms with Crippen LogP contribution in [0.5, 0.6) is 0 Å². The van der Waals surface area contributed by atoms with E-state index >= 15 is 0 Å². The molecule has 0 amide bonds. The Labute approximate surface area is 248 Å². The van der Waals surface area contributed by atoms with Crippen LogP contribution in [0.4, 0.5) is 0 Å². The molecular weight excluding hydrogens is 550 g/mol. The van der Waals surface area contributed by atoms with Crippen LogP contribution in [0.15, 0.2) is 182 Å². The van der Waals surface area contributed by atoms with Crippen LogP contribution < -0.4 is 42.0 Å². The molecule has 6 aromatic rings. The Morgan fingerprint density at radius 2 is 0.619 bits per heavy atom. The summed E-state index contributed by atoms with van der Waals surface area (Å²) >= 11 is 0. The maximum Gasteiger partial charge on any atom is 0.138 e. The summed E-state index contributed by atoms with van der Waals surface area (Å²) < 4.78 is 0. The fourth-order valence-electron chi connectivity index (χ4n) is 6.14. The minimum absolute atomic E-state index is 0.530. The van der Waals surface area contributed by atoms with Gasteiger partial charge in [-0.2, -0.15) is 6.29 Å². The van der Waals surface area contributed by atoms with Gasteiger partial charge in [-0.25, -0.2) is 0 Å². The second-order valence-corrected chi connectivity index (χ2v) is 17.1. The van der Waals surface area contributed by atoms with Gasteiger partial charge in [0.25, 0.3) is 0 Å². The first kappa shape index (κ1) is 28.1. The van der Waals surface area contributed by atoms with Crippen molar-refractivity contribution < 1.29 is 10.2 Å². The zero-order valence-electron chi connectivity index (χ0n) is 23.1. The molecule has 0 saturated carbocycles. The van der Waals surface area contributed by atoms with Gasteiger partial charge in [-0.05, 0) is 52.3 Å². The largest absolute Gasteiger partial charge is 0.860 e. The van der Waals surface area contributed by atoms with Crippen LogP contribution in [-0.4, -0.2) is 11.3 Å². The van der Waals surface area contributed by atoms with Crippen LogP contribution in [0.1, 0.15) is 0 Å². The Morgan fingerprint density at radius 3 is 0.857 bits per heavy atom. The normalized spacial score (nSPS) is 11.8. The number of benzene rings is 6. The molecule has 6 rings (SSSR count). The molecule has 206 valence electrons. The van der Waals surface area contributed by atoms with E-state index in [1.54, 1.807) is 0 Å². The molecule has 6 aromatic carbocycles. The van der Waals surface area contributed by atoms with E-state index in [9.17, 15) is 10.2 Å². The van der Waals surface area contributed by atoms with Crippen molar-refractivity contribution in [1.29, 1.82) is 0 Å². The highest BCUT2D eigenvalue weighted by molar-refractivity contribution is 8.20. The molecule has 0 aliphatic rings. The van der Waals surface area contributed by atoms with E-state index in [4.69, 9.17) is 0 Å². The molecular formula is C38H31O2P2-. The van der Waals surface area contributed by atoms with Gasteiger partial charge in [-0.15, -0.1) is 0 Å². The lowest BCUT2D eigenvalue weighted by atomic mass is 10.4. The maximum atomic E-state index is 14.4. The Hall–Kier alpha value is -4.03. The number of hydrogen-bond donors (Lipinski definition) is 0. The van der Waals surface area contributed by atoms with E-state index in [2.05, 4.69) is 72.8 Å². The highest BCUT2D eigenvalue weighted by atomic mass is 31.2. The van der Waals surface area contributed by atoms with E-state index in [0.717, 1.165) is 31.8 Å². The lowest BCUT2D eigenvalue weighted by Gasteiger charge is -2.46. The van der Waals surface area contributed by atoms with Gasteiger partial charge in [0.2, 0.25) is 0 Å². The summed E-state index contributed by atoms with van der Waals surface area (Å²) in [6, 6.07) is 61.4. The van der Waals surface area contributed by atoms with E-state index in [-0.39, 0.29) is 0 Å². The summed E-state index contributed by atoms with van der Waals surface area (Å²) in [6.45, 7) is -3.00.